The Bertz CT molecular complexity index is 1220. The molecule has 0 amide bonds. The van der Waals surface area contributed by atoms with Gasteiger partial charge in [0.25, 0.3) is 5.56 Å². The van der Waals surface area contributed by atoms with E-state index in [9.17, 15) is 19.2 Å². The van der Waals surface area contributed by atoms with Gasteiger partial charge in [0, 0.05) is 31.7 Å². The van der Waals surface area contributed by atoms with E-state index in [0.717, 1.165) is 25.7 Å². The van der Waals surface area contributed by atoms with E-state index in [1.54, 1.807) is 30.3 Å². The van der Waals surface area contributed by atoms with Gasteiger partial charge in [0.1, 0.15) is 11.6 Å². The van der Waals surface area contributed by atoms with Gasteiger partial charge in [-0.25, -0.2) is 9.37 Å². The van der Waals surface area contributed by atoms with E-state index >= 15 is 0 Å². The fourth-order valence-corrected chi connectivity index (χ4v) is 3.87. The van der Waals surface area contributed by atoms with Gasteiger partial charge in [-0.2, -0.15) is 5.26 Å². The number of hydrogen-bond donors (Lipinski definition) is 1. The summed E-state index contributed by atoms with van der Waals surface area (Å²) < 4.78 is 14.9. The number of piperazine rings is 1. The van der Waals surface area contributed by atoms with Gasteiger partial charge in [0.05, 0.1) is 22.7 Å². The highest BCUT2D eigenvalue weighted by Crippen LogP contribution is 2.25. The van der Waals surface area contributed by atoms with Crippen LogP contribution in [-0.4, -0.2) is 53.4 Å². The van der Waals surface area contributed by atoms with Gasteiger partial charge >= 0.3 is 0 Å². The van der Waals surface area contributed by atoms with Gasteiger partial charge in [-0.05, 0) is 36.9 Å². The van der Waals surface area contributed by atoms with Crippen LogP contribution in [0.15, 0.2) is 47.3 Å². The molecule has 0 bridgehead atoms. The summed E-state index contributed by atoms with van der Waals surface area (Å²) in [6.07, 6.45) is 0. The molecule has 2 heterocycles. The second-order valence-corrected chi connectivity index (χ2v) is 7.48. The Morgan fingerprint density at radius 3 is 2.65 bits per heavy atom. The molecule has 0 spiro atoms. The summed E-state index contributed by atoms with van der Waals surface area (Å²) in [6.45, 7) is 6.19. The number of aromatic amines is 1. The average Bonchev–Trinajstić information content (AvgIpc) is 2.79. The first-order valence-corrected chi connectivity index (χ1v) is 10.2. The number of nitrogens with zero attached hydrogens (tertiary/aromatic N) is 4. The summed E-state index contributed by atoms with van der Waals surface area (Å²) >= 11 is 0. The molecule has 3 aromatic rings. The van der Waals surface area contributed by atoms with Crippen molar-refractivity contribution in [2.24, 2.45) is 0 Å². The summed E-state index contributed by atoms with van der Waals surface area (Å²) in [5.41, 5.74) is 0.470. The zero-order valence-electron chi connectivity index (χ0n) is 17.1. The lowest BCUT2D eigenvalue weighted by Gasteiger charge is -2.35. The minimum absolute atomic E-state index is 0.0450. The highest BCUT2D eigenvalue weighted by molar-refractivity contribution is 6.02. The third kappa shape index (κ3) is 4.05. The topological polar surface area (TPSA) is 93.1 Å². The Morgan fingerprint density at radius 2 is 1.97 bits per heavy atom. The molecule has 1 aromatic heterocycles. The summed E-state index contributed by atoms with van der Waals surface area (Å²) in [5, 5.41) is 9.98. The second kappa shape index (κ2) is 8.66. The number of rotatable bonds is 5. The smallest absolute Gasteiger partial charge is 0.258 e. The van der Waals surface area contributed by atoms with Crippen molar-refractivity contribution in [1.82, 2.24) is 14.9 Å². The maximum absolute atomic E-state index is 14.9. The largest absolute Gasteiger partial charge is 0.367 e. The molecule has 2 aromatic carbocycles. The van der Waals surface area contributed by atoms with E-state index in [4.69, 9.17) is 0 Å². The minimum atomic E-state index is -1.34. The van der Waals surface area contributed by atoms with Gasteiger partial charge in [-0.3, -0.25) is 9.59 Å². The molecule has 4 rings (SSSR count). The lowest BCUT2D eigenvalue weighted by molar-refractivity contribution is 0.0976. The second-order valence-electron chi connectivity index (χ2n) is 7.48. The Hall–Kier alpha value is -3.57. The standard InChI is InChI=1S/C23H22FN5O2/c1-2-28-9-11-29(12-10-28)20-8-7-15(13-18(20)24)21(30)17(14-25)22-26-19-6-4-3-5-16(19)23(31)27-22/h3-8,13,17H,2,9-12H2,1H3,(H,26,27,31). The Balaban J connectivity index is 1.61. The van der Waals surface area contributed by atoms with Crippen molar-refractivity contribution < 1.29 is 9.18 Å². The molecule has 1 unspecified atom stereocenters. The van der Waals surface area contributed by atoms with Gasteiger partial charge in [0.2, 0.25) is 0 Å². The van der Waals surface area contributed by atoms with Gasteiger partial charge < -0.3 is 14.8 Å². The number of carbonyl (C=O) groups excluding carboxylic acids is 1. The fraction of sp³-hybridized carbons (Fsp3) is 0.304. The van der Waals surface area contributed by atoms with Crippen molar-refractivity contribution in [2.45, 2.75) is 12.8 Å². The van der Waals surface area contributed by atoms with Crippen LogP contribution in [0.25, 0.3) is 10.9 Å². The van der Waals surface area contributed by atoms with Crippen molar-refractivity contribution in [3.8, 4) is 6.07 Å². The molecular weight excluding hydrogens is 397 g/mol. The van der Waals surface area contributed by atoms with Gasteiger partial charge in [-0.15, -0.1) is 0 Å². The number of hydrogen-bond acceptors (Lipinski definition) is 6. The van der Waals surface area contributed by atoms with E-state index in [2.05, 4.69) is 21.8 Å². The first kappa shape index (κ1) is 20.7. The van der Waals surface area contributed by atoms with Crippen molar-refractivity contribution in [1.29, 1.82) is 5.26 Å². The van der Waals surface area contributed by atoms with Crippen molar-refractivity contribution >= 4 is 22.4 Å². The predicted molar refractivity (Wildman–Crippen MR) is 116 cm³/mol. The van der Waals surface area contributed by atoms with E-state index in [-0.39, 0.29) is 11.4 Å². The monoisotopic (exact) mass is 419 g/mol. The summed E-state index contributed by atoms with van der Waals surface area (Å²) in [5.74, 6) is -2.50. The highest BCUT2D eigenvalue weighted by Gasteiger charge is 2.26. The summed E-state index contributed by atoms with van der Waals surface area (Å²) in [4.78, 5) is 36.3. The van der Waals surface area contributed by atoms with Crippen LogP contribution in [0.1, 0.15) is 29.0 Å². The molecule has 1 fully saturated rings. The average molecular weight is 419 g/mol. The van der Waals surface area contributed by atoms with E-state index in [1.165, 1.54) is 6.07 Å². The number of nitriles is 1. The third-order valence-corrected chi connectivity index (χ3v) is 5.69. The Labute approximate surface area is 178 Å². The molecular formula is C23H22FN5O2. The molecule has 0 radical (unpaired) electrons. The van der Waals surface area contributed by atoms with Crippen LogP contribution in [0.5, 0.6) is 0 Å². The van der Waals surface area contributed by atoms with E-state index in [1.807, 2.05) is 11.0 Å². The summed E-state index contributed by atoms with van der Waals surface area (Å²) in [7, 11) is 0. The number of H-pyrrole nitrogens is 1. The quantitative estimate of drug-likeness (QED) is 0.639. The van der Waals surface area contributed by atoms with E-state index < -0.39 is 23.1 Å². The number of ketones is 1. The van der Waals surface area contributed by atoms with Crippen LogP contribution < -0.4 is 10.5 Å². The number of halogens is 1. The van der Waals surface area contributed by atoms with Crippen LogP contribution >= 0.6 is 0 Å². The number of para-hydroxylation sites is 1. The van der Waals surface area contributed by atoms with Crippen LogP contribution in [0, 0.1) is 17.1 Å². The lowest BCUT2D eigenvalue weighted by Crippen LogP contribution is -2.46. The van der Waals surface area contributed by atoms with E-state index in [0.29, 0.717) is 29.7 Å². The molecule has 0 aliphatic carbocycles. The molecule has 7 nitrogen and oxygen atoms in total. The maximum Gasteiger partial charge on any atom is 0.258 e. The number of benzene rings is 2. The number of likely N-dealkylation sites (N-methyl/N-ethyl adjacent to an activating group) is 1. The lowest BCUT2D eigenvalue weighted by atomic mass is 9.97. The molecule has 31 heavy (non-hydrogen) atoms. The van der Waals surface area contributed by atoms with Crippen molar-refractivity contribution in [2.75, 3.05) is 37.6 Å². The molecule has 1 aliphatic rings. The SMILES string of the molecule is CCN1CCN(c2ccc(C(=O)C(C#N)c3nc4ccccc4c(=O)[nH]3)cc2F)CC1. The molecule has 0 saturated carbocycles. The number of Topliss-reactive ketones (excluding diaryl/α,β-unsaturated/α-hetero) is 1. The molecule has 1 aliphatic heterocycles. The first-order valence-electron chi connectivity index (χ1n) is 10.2. The molecule has 1 N–H and O–H groups in total. The van der Waals surface area contributed by atoms with Gasteiger partial charge in [-0.1, -0.05) is 19.1 Å². The maximum atomic E-state index is 14.9. The van der Waals surface area contributed by atoms with Crippen molar-refractivity contribution in [3.05, 3.63) is 70.0 Å². The number of carbonyl (C=O) groups is 1. The Morgan fingerprint density at radius 1 is 1.23 bits per heavy atom. The normalized spacial score (nSPS) is 15.6. The zero-order valence-corrected chi connectivity index (χ0v) is 17.1. The fourth-order valence-electron chi connectivity index (χ4n) is 3.87. The Kier molecular flexibility index (Phi) is 5.78. The number of nitrogens with one attached hydrogen (secondary N) is 1. The summed E-state index contributed by atoms with van der Waals surface area (Å²) in [6, 6.07) is 12.8. The molecule has 8 heteroatoms. The molecule has 1 saturated heterocycles. The van der Waals surface area contributed by atoms with Crippen molar-refractivity contribution in [3.63, 3.8) is 0 Å². The predicted octanol–water partition coefficient (Wildman–Crippen LogP) is 2.69. The van der Waals surface area contributed by atoms with Crippen LogP contribution in [0.3, 0.4) is 0 Å². The zero-order chi connectivity index (χ0) is 22.0. The number of fused-ring (bicyclic) bond motifs is 1. The molecule has 1 atom stereocenters. The third-order valence-electron chi connectivity index (χ3n) is 5.69. The van der Waals surface area contributed by atoms with Crippen LogP contribution in [0.4, 0.5) is 10.1 Å². The van der Waals surface area contributed by atoms with Gasteiger partial charge in [0.15, 0.2) is 11.7 Å². The van der Waals surface area contributed by atoms with Crippen LogP contribution in [0.2, 0.25) is 0 Å². The molecule has 158 valence electrons. The number of anilines is 1. The highest BCUT2D eigenvalue weighted by atomic mass is 19.1. The first-order chi connectivity index (χ1) is 15.0. The minimum Gasteiger partial charge on any atom is -0.367 e. The number of aromatic nitrogens is 2. The van der Waals surface area contributed by atoms with Crippen LogP contribution in [-0.2, 0) is 0 Å².